The van der Waals surface area contributed by atoms with Gasteiger partial charge in [-0.3, -0.25) is 4.79 Å². The average Bonchev–Trinajstić information content (AvgIpc) is 2.64. The Morgan fingerprint density at radius 2 is 1.15 bits per heavy atom. The summed E-state index contributed by atoms with van der Waals surface area (Å²) in [5, 5.41) is 0. The van der Waals surface area contributed by atoms with Crippen LogP contribution in [0.25, 0.3) is 0 Å². The number of esters is 1. The van der Waals surface area contributed by atoms with Crippen molar-refractivity contribution in [3.63, 3.8) is 0 Å². The van der Waals surface area contributed by atoms with Crippen LogP contribution in [0, 0.1) is 11.8 Å². The molecule has 0 saturated heterocycles. The monoisotopic (exact) mass is 382 g/mol. The van der Waals surface area contributed by atoms with Crippen LogP contribution in [0.4, 0.5) is 0 Å². The maximum atomic E-state index is 12.0. The molecular weight excluding hydrogens is 332 g/mol. The van der Waals surface area contributed by atoms with E-state index < -0.39 is 0 Å². The van der Waals surface area contributed by atoms with E-state index in [1.54, 1.807) is 0 Å². The smallest absolute Gasteiger partial charge is 0.305 e. The molecule has 0 aromatic heterocycles. The maximum absolute atomic E-state index is 12.0. The third-order valence-electron chi connectivity index (χ3n) is 5.57. The second kappa shape index (κ2) is 20.2. The Balaban J connectivity index is 3.86. The van der Waals surface area contributed by atoms with E-state index in [0.29, 0.717) is 18.9 Å². The average molecular weight is 383 g/mol. The number of hydrogen-bond acceptors (Lipinski definition) is 2. The minimum Gasteiger partial charge on any atom is -0.465 e. The van der Waals surface area contributed by atoms with E-state index in [0.717, 1.165) is 18.8 Å². The summed E-state index contributed by atoms with van der Waals surface area (Å²) in [5.41, 5.74) is 0. The van der Waals surface area contributed by atoms with E-state index in [9.17, 15) is 4.79 Å². The van der Waals surface area contributed by atoms with Crippen molar-refractivity contribution in [2.75, 3.05) is 6.61 Å². The number of carbonyl (C=O) groups is 1. The van der Waals surface area contributed by atoms with Crippen molar-refractivity contribution < 1.29 is 9.53 Å². The fourth-order valence-electron chi connectivity index (χ4n) is 3.67. The highest BCUT2D eigenvalue weighted by Gasteiger charge is 2.12. The van der Waals surface area contributed by atoms with Gasteiger partial charge in [0.1, 0.15) is 0 Å². The van der Waals surface area contributed by atoms with E-state index in [-0.39, 0.29) is 5.97 Å². The first-order valence-electron chi connectivity index (χ1n) is 12.3. The molecule has 162 valence electrons. The summed E-state index contributed by atoms with van der Waals surface area (Å²) in [6.45, 7) is 9.71. The van der Waals surface area contributed by atoms with Gasteiger partial charge in [0, 0.05) is 6.42 Å². The predicted molar refractivity (Wildman–Crippen MR) is 119 cm³/mol. The minimum absolute atomic E-state index is 0.0274. The topological polar surface area (TPSA) is 26.3 Å². The molecule has 1 atom stereocenters. The summed E-state index contributed by atoms with van der Waals surface area (Å²) in [7, 11) is 0. The second-order valence-corrected chi connectivity index (χ2v) is 8.95. The summed E-state index contributed by atoms with van der Waals surface area (Å²) in [6.07, 6.45) is 21.1. The summed E-state index contributed by atoms with van der Waals surface area (Å²) in [6, 6.07) is 0. The molecule has 0 rings (SSSR count). The van der Waals surface area contributed by atoms with Crippen LogP contribution in [0.15, 0.2) is 0 Å². The molecule has 0 aliphatic heterocycles. The SMILES string of the molecule is CCCCCCCCCC(CCCCC)COC(=O)CCCCCC(C)C. The van der Waals surface area contributed by atoms with Crippen LogP contribution < -0.4 is 0 Å². The van der Waals surface area contributed by atoms with Crippen molar-refractivity contribution in [1.82, 2.24) is 0 Å². The first-order chi connectivity index (χ1) is 13.1. The molecule has 0 radical (unpaired) electrons. The van der Waals surface area contributed by atoms with Crippen molar-refractivity contribution in [1.29, 1.82) is 0 Å². The Kier molecular flexibility index (Phi) is 19.8. The molecule has 0 aliphatic rings. The second-order valence-electron chi connectivity index (χ2n) is 8.95. The molecule has 0 amide bonds. The number of unbranched alkanes of at least 4 members (excludes halogenated alkanes) is 10. The van der Waals surface area contributed by atoms with E-state index in [4.69, 9.17) is 4.74 Å². The molecule has 0 N–H and O–H groups in total. The lowest BCUT2D eigenvalue weighted by atomic mass is 9.95. The molecule has 0 bridgehead atoms. The van der Waals surface area contributed by atoms with Gasteiger partial charge in [0.05, 0.1) is 6.61 Å². The summed E-state index contributed by atoms with van der Waals surface area (Å²) < 4.78 is 5.63. The van der Waals surface area contributed by atoms with E-state index in [1.165, 1.54) is 89.9 Å². The van der Waals surface area contributed by atoms with Crippen molar-refractivity contribution in [2.24, 2.45) is 11.8 Å². The fraction of sp³-hybridized carbons (Fsp3) is 0.960. The van der Waals surface area contributed by atoms with Gasteiger partial charge in [-0.25, -0.2) is 0 Å². The van der Waals surface area contributed by atoms with E-state index in [2.05, 4.69) is 27.7 Å². The van der Waals surface area contributed by atoms with Gasteiger partial charge in [-0.15, -0.1) is 0 Å². The maximum Gasteiger partial charge on any atom is 0.305 e. The first-order valence-corrected chi connectivity index (χ1v) is 12.3. The molecule has 0 aromatic rings. The molecule has 2 nitrogen and oxygen atoms in total. The van der Waals surface area contributed by atoms with Crippen LogP contribution in [-0.4, -0.2) is 12.6 Å². The number of rotatable bonds is 20. The normalized spacial score (nSPS) is 12.5. The lowest BCUT2D eigenvalue weighted by molar-refractivity contribution is -0.145. The van der Waals surface area contributed by atoms with Gasteiger partial charge in [0.25, 0.3) is 0 Å². The molecule has 2 heteroatoms. The van der Waals surface area contributed by atoms with Gasteiger partial charge >= 0.3 is 5.97 Å². The zero-order valence-electron chi connectivity index (χ0n) is 19.2. The number of hydrogen-bond donors (Lipinski definition) is 0. The van der Waals surface area contributed by atoms with Crippen LogP contribution in [-0.2, 0) is 9.53 Å². The Morgan fingerprint density at radius 3 is 1.78 bits per heavy atom. The highest BCUT2D eigenvalue weighted by atomic mass is 16.5. The standard InChI is InChI=1S/C25H50O2/c1-5-7-9-10-11-12-16-20-24(19-14-8-6-2)22-27-25(26)21-17-13-15-18-23(3)4/h23-24H,5-22H2,1-4H3. The molecule has 1 unspecified atom stereocenters. The van der Waals surface area contributed by atoms with Crippen LogP contribution in [0.2, 0.25) is 0 Å². The minimum atomic E-state index is 0.0274. The molecule has 0 fully saturated rings. The first kappa shape index (κ1) is 26.5. The predicted octanol–water partition coefficient (Wildman–Crippen LogP) is 8.47. The van der Waals surface area contributed by atoms with Crippen LogP contribution in [0.3, 0.4) is 0 Å². The van der Waals surface area contributed by atoms with Crippen LogP contribution >= 0.6 is 0 Å². The van der Waals surface area contributed by atoms with Gasteiger partial charge in [0.2, 0.25) is 0 Å². The Bertz CT molecular complexity index is 311. The molecular formula is C25H50O2. The summed E-state index contributed by atoms with van der Waals surface area (Å²) >= 11 is 0. The van der Waals surface area contributed by atoms with Gasteiger partial charge in [-0.05, 0) is 31.1 Å². The van der Waals surface area contributed by atoms with Crippen LogP contribution in [0.1, 0.15) is 137 Å². The summed E-state index contributed by atoms with van der Waals surface area (Å²) in [5.74, 6) is 1.38. The van der Waals surface area contributed by atoms with Crippen molar-refractivity contribution in [2.45, 2.75) is 137 Å². The number of carbonyl (C=O) groups excluding carboxylic acids is 1. The quantitative estimate of drug-likeness (QED) is 0.156. The molecule has 0 aliphatic carbocycles. The highest BCUT2D eigenvalue weighted by molar-refractivity contribution is 5.69. The fourth-order valence-corrected chi connectivity index (χ4v) is 3.67. The third kappa shape index (κ3) is 20.0. The van der Waals surface area contributed by atoms with Crippen molar-refractivity contribution in [3.05, 3.63) is 0 Å². The molecule has 0 spiro atoms. The van der Waals surface area contributed by atoms with Crippen LogP contribution in [0.5, 0.6) is 0 Å². The summed E-state index contributed by atoms with van der Waals surface area (Å²) in [4.78, 5) is 12.0. The molecule has 27 heavy (non-hydrogen) atoms. The van der Waals surface area contributed by atoms with Crippen molar-refractivity contribution >= 4 is 5.97 Å². The van der Waals surface area contributed by atoms with E-state index >= 15 is 0 Å². The molecule has 0 heterocycles. The van der Waals surface area contributed by atoms with Gasteiger partial charge < -0.3 is 4.74 Å². The van der Waals surface area contributed by atoms with Gasteiger partial charge in [-0.2, -0.15) is 0 Å². The Hall–Kier alpha value is -0.530. The Labute approximate surface area is 171 Å². The zero-order chi connectivity index (χ0) is 20.2. The van der Waals surface area contributed by atoms with Gasteiger partial charge in [0.15, 0.2) is 0 Å². The lowest BCUT2D eigenvalue weighted by Gasteiger charge is -2.17. The molecule has 0 saturated carbocycles. The molecule has 0 aromatic carbocycles. The number of ether oxygens (including phenoxy) is 1. The zero-order valence-corrected chi connectivity index (χ0v) is 19.2. The van der Waals surface area contributed by atoms with Crippen molar-refractivity contribution in [3.8, 4) is 0 Å². The highest BCUT2D eigenvalue weighted by Crippen LogP contribution is 2.19. The Morgan fingerprint density at radius 1 is 0.667 bits per heavy atom. The largest absolute Gasteiger partial charge is 0.465 e. The van der Waals surface area contributed by atoms with Gasteiger partial charge in [-0.1, -0.05) is 111 Å². The van der Waals surface area contributed by atoms with E-state index in [1.807, 2.05) is 0 Å². The third-order valence-corrected chi connectivity index (χ3v) is 5.57. The lowest BCUT2D eigenvalue weighted by Crippen LogP contribution is -2.14.